The summed E-state index contributed by atoms with van der Waals surface area (Å²) < 4.78 is 36.5. The van der Waals surface area contributed by atoms with E-state index in [1.165, 1.54) is 18.1 Å². The number of hydrogen-bond acceptors (Lipinski definition) is 8. The van der Waals surface area contributed by atoms with E-state index in [1.807, 2.05) is 13.8 Å². The number of ether oxygens (including phenoxy) is 1. The summed E-state index contributed by atoms with van der Waals surface area (Å²) >= 11 is 0. The Labute approximate surface area is 197 Å². The van der Waals surface area contributed by atoms with Crippen LogP contribution in [0.1, 0.15) is 50.5 Å². The summed E-state index contributed by atoms with van der Waals surface area (Å²) in [5.41, 5.74) is 1.16. The Hall–Kier alpha value is -3.21. The number of pyridine rings is 1. The molecule has 0 N–H and O–H groups in total. The Balaban J connectivity index is 1.62. The van der Waals surface area contributed by atoms with Crippen molar-refractivity contribution in [3.63, 3.8) is 0 Å². The molecule has 0 bridgehead atoms. The van der Waals surface area contributed by atoms with Crippen molar-refractivity contribution in [3.8, 4) is 11.5 Å². The molecule has 0 radical (unpaired) electrons. The maximum Gasteiger partial charge on any atom is 0.339 e. The summed E-state index contributed by atoms with van der Waals surface area (Å²) in [6.45, 7) is 7.50. The number of furan rings is 1. The predicted molar refractivity (Wildman–Crippen MR) is 125 cm³/mol. The lowest BCUT2D eigenvalue weighted by atomic mass is 10.1. The number of carbonyl (C=O) groups is 2. The van der Waals surface area contributed by atoms with Gasteiger partial charge in [0, 0.05) is 18.6 Å². The fourth-order valence-electron chi connectivity index (χ4n) is 4.24. The molecule has 4 heterocycles. The Morgan fingerprint density at radius 3 is 2.68 bits per heavy atom. The SMILES string of the molecule is CCN(C(=O)[C@H](C)OC(=O)c1cc(-c2ccco2)nc2c1cnn2C(C)C)[C@H]1CCS(=O)(=O)C1. The quantitative estimate of drug-likeness (QED) is 0.465. The van der Waals surface area contributed by atoms with Crippen molar-refractivity contribution < 1.29 is 27.2 Å². The lowest BCUT2D eigenvalue weighted by Crippen LogP contribution is -2.46. The fraction of sp³-hybridized carbons (Fsp3) is 0.478. The summed E-state index contributed by atoms with van der Waals surface area (Å²) in [6, 6.07) is 4.62. The maximum atomic E-state index is 13.2. The normalized spacial score (nSPS) is 18.3. The van der Waals surface area contributed by atoms with Gasteiger partial charge in [0.25, 0.3) is 5.91 Å². The molecule has 3 aromatic rings. The molecule has 3 aromatic heterocycles. The van der Waals surface area contributed by atoms with Gasteiger partial charge in [0.15, 0.2) is 27.3 Å². The Bertz CT molecular complexity index is 1310. The van der Waals surface area contributed by atoms with E-state index in [4.69, 9.17) is 9.15 Å². The zero-order valence-corrected chi connectivity index (χ0v) is 20.4. The van der Waals surface area contributed by atoms with Crippen LogP contribution in [-0.2, 0) is 19.4 Å². The predicted octanol–water partition coefficient (Wildman–Crippen LogP) is 2.85. The lowest BCUT2D eigenvalue weighted by Gasteiger charge is -2.29. The van der Waals surface area contributed by atoms with Gasteiger partial charge in [-0.1, -0.05) is 0 Å². The van der Waals surface area contributed by atoms with Gasteiger partial charge in [0.2, 0.25) is 0 Å². The summed E-state index contributed by atoms with van der Waals surface area (Å²) in [7, 11) is -3.16. The standard InChI is InChI=1S/C23H28N4O6S/c1-5-26(16-8-10-34(30,31)13-16)22(28)15(4)33-23(29)17-11-19(20-7-6-9-32-20)25-21-18(17)12-24-27(21)14(2)3/h6-7,9,11-12,14-16H,5,8,10,13H2,1-4H3/t15-,16-/m0/s1. The molecular formula is C23H28N4O6S. The monoisotopic (exact) mass is 488 g/mol. The van der Waals surface area contributed by atoms with Crippen molar-refractivity contribution in [1.82, 2.24) is 19.7 Å². The van der Waals surface area contributed by atoms with Crippen LogP contribution in [0.15, 0.2) is 35.1 Å². The van der Waals surface area contributed by atoms with E-state index in [-0.39, 0.29) is 23.1 Å². The molecule has 34 heavy (non-hydrogen) atoms. The van der Waals surface area contributed by atoms with E-state index in [1.54, 1.807) is 36.0 Å². The van der Waals surface area contributed by atoms with Crippen LogP contribution in [0.2, 0.25) is 0 Å². The number of likely N-dealkylation sites (N-methyl/N-ethyl adjacent to an activating group) is 1. The molecule has 0 unspecified atom stereocenters. The molecular weight excluding hydrogens is 460 g/mol. The number of aromatic nitrogens is 3. The second-order valence-corrected chi connectivity index (χ2v) is 10.9. The Kier molecular flexibility index (Phi) is 6.48. The maximum absolute atomic E-state index is 13.2. The Morgan fingerprint density at radius 2 is 2.09 bits per heavy atom. The average molecular weight is 489 g/mol. The second kappa shape index (κ2) is 9.21. The van der Waals surface area contributed by atoms with E-state index in [2.05, 4.69) is 10.1 Å². The molecule has 11 heteroatoms. The number of nitrogens with zero attached hydrogens (tertiary/aromatic N) is 4. The van der Waals surface area contributed by atoms with Crippen LogP contribution in [-0.4, -0.2) is 70.2 Å². The summed E-state index contributed by atoms with van der Waals surface area (Å²) in [5, 5.41) is 4.87. The first-order valence-electron chi connectivity index (χ1n) is 11.2. The first kappa shape index (κ1) is 23.9. The number of amides is 1. The molecule has 2 atom stereocenters. The van der Waals surface area contributed by atoms with Crippen LogP contribution >= 0.6 is 0 Å². The molecule has 1 amide bonds. The second-order valence-electron chi connectivity index (χ2n) is 8.68. The number of carbonyl (C=O) groups excluding carboxylic acids is 2. The third-order valence-corrected chi connectivity index (χ3v) is 7.70. The largest absolute Gasteiger partial charge is 0.463 e. The van der Waals surface area contributed by atoms with Gasteiger partial charge in [-0.05, 0) is 52.3 Å². The molecule has 182 valence electrons. The van der Waals surface area contributed by atoms with Gasteiger partial charge in [-0.25, -0.2) is 22.9 Å². The molecule has 1 saturated heterocycles. The molecule has 0 spiro atoms. The highest BCUT2D eigenvalue weighted by molar-refractivity contribution is 7.91. The van der Waals surface area contributed by atoms with E-state index < -0.39 is 33.9 Å². The highest BCUT2D eigenvalue weighted by atomic mass is 32.2. The van der Waals surface area contributed by atoms with E-state index >= 15 is 0 Å². The average Bonchev–Trinajstić information content (AvgIpc) is 3.52. The molecule has 1 aliphatic heterocycles. The van der Waals surface area contributed by atoms with Crippen LogP contribution in [0.5, 0.6) is 0 Å². The number of hydrogen-bond donors (Lipinski definition) is 0. The Morgan fingerprint density at radius 1 is 1.32 bits per heavy atom. The lowest BCUT2D eigenvalue weighted by molar-refractivity contribution is -0.141. The van der Waals surface area contributed by atoms with Gasteiger partial charge < -0.3 is 14.1 Å². The molecule has 10 nitrogen and oxygen atoms in total. The summed E-state index contributed by atoms with van der Waals surface area (Å²) in [4.78, 5) is 32.4. The molecule has 4 rings (SSSR count). The molecule has 0 aromatic carbocycles. The molecule has 1 aliphatic rings. The summed E-state index contributed by atoms with van der Waals surface area (Å²) in [6.07, 6.45) is 2.36. The number of fused-ring (bicyclic) bond motifs is 1. The third kappa shape index (κ3) is 4.56. The van der Waals surface area contributed by atoms with Gasteiger partial charge in [-0.15, -0.1) is 0 Å². The van der Waals surface area contributed by atoms with Gasteiger partial charge in [0.05, 0.1) is 34.9 Å². The van der Waals surface area contributed by atoms with E-state index in [0.717, 1.165) is 0 Å². The minimum Gasteiger partial charge on any atom is -0.463 e. The molecule has 0 saturated carbocycles. The number of sulfone groups is 1. The van der Waals surface area contributed by atoms with Crippen molar-refractivity contribution in [2.45, 2.75) is 52.3 Å². The third-order valence-electron chi connectivity index (χ3n) is 5.95. The van der Waals surface area contributed by atoms with Crippen LogP contribution in [0, 0.1) is 0 Å². The highest BCUT2D eigenvalue weighted by Crippen LogP contribution is 2.28. The fourth-order valence-corrected chi connectivity index (χ4v) is 5.97. The highest BCUT2D eigenvalue weighted by Gasteiger charge is 2.36. The molecule has 1 fully saturated rings. The van der Waals surface area contributed by atoms with Crippen LogP contribution < -0.4 is 0 Å². The van der Waals surface area contributed by atoms with E-state index in [0.29, 0.717) is 35.5 Å². The van der Waals surface area contributed by atoms with E-state index in [9.17, 15) is 18.0 Å². The van der Waals surface area contributed by atoms with Crippen LogP contribution in [0.25, 0.3) is 22.5 Å². The summed E-state index contributed by atoms with van der Waals surface area (Å²) in [5.74, 6) is -0.651. The van der Waals surface area contributed by atoms with Crippen molar-refractivity contribution in [2.24, 2.45) is 0 Å². The first-order valence-corrected chi connectivity index (χ1v) is 13.1. The van der Waals surface area contributed by atoms with Crippen LogP contribution in [0.4, 0.5) is 0 Å². The number of esters is 1. The van der Waals surface area contributed by atoms with Crippen LogP contribution in [0.3, 0.4) is 0 Å². The zero-order chi connectivity index (χ0) is 24.6. The first-order chi connectivity index (χ1) is 16.1. The van der Waals surface area contributed by atoms with Gasteiger partial charge >= 0.3 is 5.97 Å². The van der Waals surface area contributed by atoms with Gasteiger partial charge in [-0.2, -0.15) is 5.10 Å². The van der Waals surface area contributed by atoms with Gasteiger partial charge in [-0.3, -0.25) is 4.79 Å². The van der Waals surface area contributed by atoms with Crippen molar-refractivity contribution in [1.29, 1.82) is 0 Å². The minimum absolute atomic E-state index is 0.00188. The van der Waals surface area contributed by atoms with Crippen molar-refractivity contribution in [3.05, 3.63) is 36.2 Å². The zero-order valence-electron chi connectivity index (χ0n) is 19.6. The van der Waals surface area contributed by atoms with Crippen molar-refractivity contribution >= 4 is 32.7 Å². The number of rotatable bonds is 7. The molecule has 0 aliphatic carbocycles. The minimum atomic E-state index is -3.16. The van der Waals surface area contributed by atoms with Gasteiger partial charge in [0.1, 0.15) is 5.69 Å². The topological polar surface area (TPSA) is 125 Å². The smallest absolute Gasteiger partial charge is 0.339 e. The van der Waals surface area contributed by atoms with Crippen molar-refractivity contribution in [2.75, 3.05) is 18.1 Å².